The average Bonchev–Trinajstić information content (AvgIpc) is 2.98. The molecule has 0 bridgehead atoms. The first kappa shape index (κ1) is 21.7. The quantitative estimate of drug-likeness (QED) is 0.650. The van der Waals surface area contributed by atoms with E-state index in [1.807, 2.05) is 6.92 Å². The van der Waals surface area contributed by atoms with Crippen LogP contribution in [0.3, 0.4) is 0 Å². The normalized spacial score (nSPS) is 15.8. The number of rotatable bonds is 8. The largest absolute Gasteiger partial charge is 0.573 e. The molecule has 5 nitrogen and oxygen atoms in total. The molecule has 8 heteroatoms. The topological polar surface area (TPSA) is 58.6 Å². The Morgan fingerprint density at radius 1 is 1.13 bits per heavy atom. The lowest BCUT2D eigenvalue weighted by atomic mass is 10.0. The summed E-state index contributed by atoms with van der Waals surface area (Å²) in [6.45, 7) is 2.59. The van der Waals surface area contributed by atoms with Crippen molar-refractivity contribution in [3.63, 3.8) is 0 Å². The number of nitrogens with zero attached hydrogens (tertiary/aromatic N) is 1. The van der Waals surface area contributed by atoms with E-state index in [0.29, 0.717) is 23.2 Å². The molecule has 3 rings (SSSR count). The van der Waals surface area contributed by atoms with Crippen LogP contribution in [0.1, 0.15) is 47.3 Å². The minimum atomic E-state index is -4.81. The molecule has 1 aliphatic heterocycles. The summed E-state index contributed by atoms with van der Waals surface area (Å²) < 4.78 is 42.1. The van der Waals surface area contributed by atoms with Gasteiger partial charge in [-0.15, -0.1) is 13.2 Å². The molecule has 0 aromatic heterocycles. The molecule has 2 aromatic rings. The van der Waals surface area contributed by atoms with Crippen molar-refractivity contribution in [2.75, 3.05) is 13.1 Å². The van der Waals surface area contributed by atoms with E-state index in [-0.39, 0.29) is 30.5 Å². The number of fused-ring (bicyclic) bond motifs is 1. The number of halogens is 3. The summed E-state index contributed by atoms with van der Waals surface area (Å²) in [5.41, 5.74) is 1.35. The number of para-hydroxylation sites is 1. The van der Waals surface area contributed by atoms with E-state index in [0.717, 1.165) is 12.8 Å². The maximum Gasteiger partial charge on any atom is 0.573 e. The highest BCUT2D eigenvalue weighted by atomic mass is 19.4. The number of benzene rings is 2. The number of hydrogen-bond acceptors (Lipinski definition) is 3. The molecule has 30 heavy (non-hydrogen) atoms. The van der Waals surface area contributed by atoms with Crippen molar-refractivity contribution in [2.45, 2.75) is 38.6 Å². The van der Waals surface area contributed by atoms with Gasteiger partial charge in [0.2, 0.25) is 5.91 Å². The second-order valence-electron chi connectivity index (χ2n) is 7.04. The monoisotopic (exact) mass is 420 g/mol. The second-order valence-corrected chi connectivity index (χ2v) is 7.04. The first-order chi connectivity index (χ1) is 14.3. The summed E-state index contributed by atoms with van der Waals surface area (Å²) in [5.74, 6) is -0.907. The first-order valence-corrected chi connectivity index (χ1v) is 9.83. The van der Waals surface area contributed by atoms with Crippen LogP contribution in [0.5, 0.6) is 5.75 Å². The van der Waals surface area contributed by atoms with Gasteiger partial charge in [0, 0.05) is 18.7 Å². The number of unbranched alkanes of at least 4 members (excludes halogenated alkanes) is 1. The molecule has 1 unspecified atom stereocenters. The summed E-state index contributed by atoms with van der Waals surface area (Å²) in [4.78, 5) is 27.2. The van der Waals surface area contributed by atoms with Crippen molar-refractivity contribution >= 4 is 11.8 Å². The Kier molecular flexibility index (Phi) is 6.64. The third kappa shape index (κ3) is 4.93. The van der Waals surface area contributed by atoms with E-state index in [4.69, 9.17) is 0 Å². The van der Waals surface area contributed by atoms with Gasteiger partial charge < -0.3 is 15.0 Å². The zero-order chi connectivity index (χ0) is 21.7. The Bertz CT molecular complexity index is 914. The number of hydrogen-bond donors (Lipinski definition) is 1. The molecule has 0 aliphatic carbocycles. The zero-order valence-corrected chi connectivity index (χ0v) is 16.5. The molecule has 160 valence electrons. The van der Waals surface area contributed by atoms with Crippen LogP contribution in [0.4, 0.5) is 13.2 Å². The number of carbonyl (C=O) groups excluding carboxylic acids is 2. The predicted octanol–water partition coefficient (Wildman–Crippen LogP) is 4.24. The van der Waals surface area contributed by atoms with Crippen LogP contribution in [0, 0.1) is 0 Å². The summed E-state index contributed by atoms with van der Waals surface area (Å²) in [6.07, 6.45) is -2.96. The molecular formula is C22H23F3N2O3. The molecule has 0 radical (unpaired) electrons. The summed E-state index contributed by atoms with van der Waals surface area (Å²) in [6, 6.07) is 11.9. The fourth-order valence-corrected chi connectivity index (χ4v) is 3.54. The Morgan fingerprint density at radius 3 is 2.57 bits per heavy atom. The molecule has 0 spiro atoms. The van der Waals surface area contributed by atoms with Gasteiger partial charge in [0.15, 0.2) is 0 Å². The van der Waals surface area contributed by atoms with Crippen LogP contribution in [0.2, 0.25) is 0 Å². The average molecular weight is 420 g/mol. The molecule has 0 saturated carbocycles. The van der Waals surface area contributed by atoms with E-state index in [9.17, 15) is 22.8 Å². The van der Waals surface area contributed by atoms with E-state index in [1.54, 1.807) is 30.3 Å². The van der Waals surface area contributed by atoms with Gasteiger partial charge >= 0.3 is 6.36 Å². The molecule has 1 heterocycles. The molecule has 1 aliphatic rings. The van der Waals surface area contributed by atoms with Crippen LogP contribution in [0.15, 0.2) is 48.5 Å². The third-order valence-corrected chi connectivity index (χ3v) is 4.96. The Labute approximate surface area is 172 Å². The summed E-state index contributed by atoms with van der Waals surface area (Å²) in [7, 11) is 0. The van der Waals surface area contributed by atoms with Gasteiger partial charge in [0.1, 0.15) is 11.8 Å². The van der Waals surface area contributed by atoms with Crippen LogP contribution < -0.4 is 10.1 Å². The maximum atomic E-state index is 12.9. The lowest BCUT2D eigenvalue weighted by Gasteiger charge is -2.25. The molecule has 0 fully saturated rings. The van der Waals surface area contributed by atoms with Crippen LogP contribution in [0.25, 0.3) is 0 Å². The fraction of sp³-hybridized carbons (Fsp3) is 0.364. The van der Waals surface area contributed by atoms with Gasteiger partial charge in [-0.3, -0.25) is 9.59 Å². The number of carbonyl (C=O) groups is 2. The fourth-order valence-electron chi connectivity index (χ4n) is 3.54. The van der Waals surface area contributed by atoms with Crippen LogP contribution in [-0.4, -0.2) is 36.2 Å². The molecule has 2 aromatic carbocycles. The van der Waals surface area contributed by atoms with Crippen molar-refractivity contribution in [1.82, 2.24) is 10.2 Å². The predicted molar refractivity (Wildman–Crippen MR) is 105 cm³/mol. The van der Waals surface area contributed by atoms with Gasteiger partial charge in [0.05, 0.1) is 0 Å². The smallest absolute Gasteiger partial charge is 0.406 e. The van der Waals surface area contributed by atoms with Crippen LogP contribution in [-0.2, 0) is 11.2 Å². The van der Waals surface area contributed by atoms with Crippen molar-refractivity contribution in [3.8, 4) is 5.75 Å². The minimum absolute atomic E-state index is 0.0810. The number of alkyl halides is 3. The molecule has 0 saturated heterocycles. The van der Waals surface area contributed by atoms with Crippen LogP contribution >= 0.6 is 0 Å². The van der Waals surface area contributed by atoms with Gasteiger partial charge in [-0.25, -0.2) is 0 Å². The number of amides is 2. The lowest BCUT2D eigenvalue weighted by Crippen LogP contribution is -2.40. The minimum Gasteiger partial charge on any atom is -0.406 e. The van der Waals surface area contributed by atoms with Gasteiger partial charge in [-0.2, -0.15) is 0 Å². The van der Waals surface area contributed by atoms with E-state index in [2.05, 4.69) is 10.1 Å². The van der Waals surface area contributed by atoms with E-state index < -0.39 is 12.4 Å². The van der Waals surface area contributed by atoms with Crippen molar-refractivity contribution in [3.05, 3.63) is 65.2 Å². The third-order valence-electron chi connectivity index (χ3n) is 4.96. The Balaban J connectivity index is 1.81. The van der Waals surface area contributed by atoms with Gasteiger partial charge in [-0.05, 0) is 36.1 Å². The number of ether oxygens (including phenoxy) is 1. The Morgan fingerprint density at radius 2 is 1.83 bits per heavy atom. The molecular weight excluding hydrogens is 397 g/mol. The van der Waals surface area contributed by atoms with Crippen molar-refractivity contribution in [2.24, 2.45) is 0 Å². The summed E-state index contributed by atoms with van der Waals surface area (Å²) in [5, 5.41) is 2.85. The first-order valence-electron chi connectivity index (χ1n) is 9.83. The molecule has 1 atom stereocenters. The van der Waals surface area contributed by atoms with Gasteiger partial charge in [-0.1, -0.05) is 49.7 Å². The number of nitrogens with one attached hydrogen (secondary N) is 1. The van der Waals surface area contributed by atoms with E-state index >= 15 is 0 Å². The maximum absolute atomic E-state index is 12.9. The summed E-state index contributed by atoms with van der Waals surface area (Å²) >= 11 is 0. The van der Waals surface area contributed by atoms with E-state index in [1.165, 1.54) is 23.1 Å². The highest BCUT2D eigenvalue weighted by Gasteiger charge is 2.40. The standard InChI is InChI=1S/C22H23F3N2O3/c1-2-3-13-26-20(28)19-16-9-5-6-10-17(16)21(29)27(19)14-12-15-8-4-7-11-18(15)30-22(23,24)25/h4-11,19H,2-3,12-14H2,1H3,(H,26,28). The van der Waals surface area contributed by atoms with Crippen molar-refractivity contribution in [1.29, 1.82) is 0 Å². The SMILES string of the molecule is CCCCNC(=O)C1c2ccccc2C(=O)N1CCc1ccccc1OC(F)(F)F. The van der Waals surface area contributed by atoms with Gasteiger partial charge in [0.25, 0.3) is 5.91 Å². The second kappa shape index (κ2) is 9.19. The Hall–Kier alpha value is -3.03. The lowest BCUT2D eigenvalue weighted by molar-refractivity contribution is -0.274. The highest BCUT2D eigenvalue weighted by Crippen LogP contribution is 2.34. The van der Waals surface area contributed by atoms with Crippen molar-refractivity contribution < 1.29 is 27.5 Å². The zero-order valence-electron chi connectivity index (χ0n) is 16.5. The molecule has 1 N–H and O–H groups in total. The molecule has 2 amide bonds. The highest BCUT2D eigenvalue weighted by molar-refractivity contribution is 6.04.